The van der Waals surface area contributed by atoms with Crippen molar-refractivity contribution in [3.63, 3.8) is 0 Å². The van der Waals surface area contributed by atoms with Crippen LogP contribution in [0.2, 0.25) is 0 Å². The molecule has 0 aliphatic carbocycles. The molecule has 5 rings (SSSR count). The maximum Gasteiger partial charge on any atom is 0.262 e. The number of fused-ring (bicyclic) bond motifs is 1. The lowest BCUT2D eigenvalue weighted by Crippen LogP contribution is -2.46. The van der Waals surface area contributed by atoms with Crippen LogP contribution in [-0.4, -0.2) is 43.6 Å². The van der Waals surface area contributed by atoms with E-state index in [1.54, 1.807) is 6.07 Å². The van der Waals surface area contributed by atoms with Gasteiger partial charge >= 0.3 is 0 Å². The Kier molecular flexibility index (Phi) is 6.91. The fourth-order valence-electron chi connectivity index (χ4n) is 4.39. The number of benzene rings is 4. The summed E-state index contributed by atoms with van der Waals surface area (Å²) in [6.07, 6.45) is 0. The van der Waals surface area contributed by atoms with Crippen LogP contribution < -0.4 is 15.0 Å². The monoisotopic (exact) mass is 469 g/mol. The molecule has 0 aromatic heterocycles. The Hall–Kier alpha value is -3.90. The number of anilines is 2. The highest BCUT2D eigenvalue weighted by atomic mass is 19.1. The van der Waals surface area contributed by atoms with Gasteiger partial charge < -0.3 is 15.0 Å². The summed E-state index contributed by atoms with van der Waals surface area (Å²) in [7, 11) is 0. The molecule has 4 aromatic carbocycles. The largest absolute Gasteiger partial charge is 0.484 e. The number of nitrogens with zero attached hydrogens (tertiary/aromatic N) is 2. The Labute approximate surface area is 204 Å². The molecule has 0 radical (unpaired) electrons. The Morgan fingerprint density at radius 1 is 0.829 bits per heavy atom. The molecule has 0 atom stereocenters. The molecule has 1 amide bonds. The number of hydrogen-bond donors (Lipinski definition) is 1. The summed E-state index contributed by atoms with van der Waals surface area (Å²) in [5.41, 5.74) is 2.59. The lowest BCUT2D eigenvalue weighted by Gasteiger charge is -2.36. The smallest absolute Gasteiger partial charge is 0.262 e. The molecule has 1 fully saturated rings. The average Bonchev–Trinajstić information content (AvgIpc) is 2.90. The maximum atomic E-state index is 13.9. The zero-order valence-electron chi connectivity index (χ0n) is 19.5. The van der Waals surface area contributed by atoms with Gasteiger partial charge in [-0.1, -0.05) is 48.5 Å². The lowest BCUT2D eigenvalue weighted by atomic mass is 10.1. The van der Waals surface area contributed by atoms with Crippen LogP contribution in [0.15, 0.2) is 91.0 Å². The second-order valence-electron chi connectivity index (χ2n) is 8.75. The number of carbonyl (C=O) groups is 1. The van der Waals surface area contributed by atoms with Crippen LogP contribution in [0.5, 0.6) is 5.75 Å². The minimum Gasteiger partial charge on any atom is -0.484 e. The molecule has 0 bridgehead atoms. The summed E-state index contributed by atoms with van der Waals surface area (Å²) in [6, 6.07) is 28.7. The van der Waals surface area contributed by atoms with Gasteiger partial charge in [0.2, 0.25) is 0 Å². The third-order valence-electron chi connectivity index (χ3n) is 6.33. The fourth-order valence-corrected chi connectivity index (χ4v) is 4.39. The van der Waals surface area contributed by atoms with E-state index in [1.165, 1.54) is 6.07 Å². The van der Waals surface area contributed by atoms with Crippen LogP contribution >= 0.6 is 0 Å². The van der Waals surface area contributed by atoms with Gasteiger partial charge in [0, 0.05) is 49.7 Å². The summed E-state index contributed by atoms with van der Waals surface area (Å²) >= 11 is 0. The van der Waals surface area contributed by atoms with Gasteiger partial charge in [0.15, 0.2) is 6.61 Å². The Bertz CT molecular complexity index is 1300. The molecular weight excluding hydrogens is 441 g/mol. The zero-order valence-corrected chi connectivity index (χ0v) is 19.5. The molecule has 6 heteroatoms. The lowest BCUT2D eigenvalue weighted by molar-refractivity contribution is -0.118. The highest BCUT2D eigenvalue weighted by molar-refractivity contribution is 5.92. The van der Waals surface area contributed by atoms with Gasteiger partial charge in [0.05, 0.1) is 0 Å². The molecular formula is C29H28FN3O2. The molecule has 0 unspecified atom stereocenters. The SMILES string of the molecule is O=C(COc1ccc2ccccc2c1)Nc1ccc(N2CCN(Cc3ccccc3F)CC2)cc1. The predicted molar refractivity (Wildman–Crippen MR) is 138 cm³/mol. The highest BCUT2D eigenvalue weighted by Gasteiger charge is 2.18. The number of carbonyl (C=O) groups excluding carboxylic acids is 1. The first-order valence-electron chi connectivity index (χ1n) is 11.9. The van der Waals surface area contributed by atoms with E-state index in [0.29, 0.717) is 12.3 Å². The molecule has 35 heavy (non-hydrogen) atoms. The summed E-state index contributed by atoms with van der Waals surface area (Å²) in [5.74, 6) is 0.325. The predicted octanol–water partition coefficient (Wildman–Crippen LogP) is 5.32. The molecule has 4 aromatic rings. The summed E-state index contributed by atoms with van der Waals surface area (Å²) < 4.78 is 19.6. The molecule has 1 saturated heterocycles. The van der Waals surface area contributed by atoms with Gasteiger partial charge in [-0.15, -0.1) is 0 Å². The van der Waals surface area contributed by atoms with Crippen LogP contribution in [0.1, 0.15) is 5.56 Å². The van der Waals surface area contributed by atoms with Gasteiger partial charge in [-0.05, 0) is 53.2 Å². The topological polar surface area (TPSA) is 44.8 Å². The first kappa shape index (κ1) is 22.9. The van der Waals surface area contributed by atoms with Gasteiger partial charge in [0.1, 0.15) is 11.6 Å². The van der Waals surface area contributed by atoms with Crippen molar-refractivity contribution in [2.75, 3.05) is 43.0 Å². The Balaban J connectivity index is 1.09. The zero-order chi connectivity index (χ0) is 24.0. The van der Waals surface area contributed by atoms with E-state index in [2.05, 4.69) is 15.1 Å². The summed E-state index contributed by atoms with van der Waals surface area (Å²) in [6.45, 7) is 4.08. The van der Waals surface area contributed by atoms with Gasteiger partial charge in [-0.2, -0.15) is 0 Å². The third kappa shape index (κ3) is 5.78. The second-order valence-corrected chi connectivity index (χ2v) is 8.75. The first-order chi connectivity index (χ1) is 17.1. The first-order valence-corrected chi connectivity index (χ1v) is 11.9. The van der Waals surface area contributed by atoms with E-state index in [0.717, 1.165) is 53.9 Å². The van der Waals surface area contributed by atoms with Crippen molar-refractivity contribution < 1.29 is 13.9 Å². The Morgan fingerprint density at radius 3 is 2.31 bits per heavy atom. The van der Waals surface area contributed by atoms with Crippen LogP contribution in [0.3, 0.4) is 0 Å². The number of rotatable bonds is 7. The molecule has 0 saturated carbocycles. The van der Waals surface area contributed by atoms with Crippen molar-refractivity contribution >= 4 is 28.1 Å². The number of ether oxygens (including phenoxy) is 1. The standard InChI is InChI=1S/C29H28FN3O2/c30-28-8-4-3-7-24(28)20-32-15-17-33(18-16-32)26-12-10-25(11-13-26)31-29(34)21-35-27-14-9-22-5-1-2-6-23(22)19-27/h1-14,19H,15-18,20-21H2,(H,31,34). The molecule has 0 spiro atoms. The maximum absolute atomic E-state index is 13.9. The Morgan fingerprint density at radius 2 is 1.54 bits per heavy atom. The van der Waals surface area contributed by atoms with E-state index in [9.17, 15) is 9.18 Å². The normalized spacial score (nSPS) is 14.1. The molecule has 1 N–H and O–H groups in total. The van der Waals surface area contributed by atoms with Crippen molar-refractivity contribution in [2.45, 2.75) is 6.54 Å². The van der Waals surface area contributed by atoms with E-state index in [1.807, 2.05) is 78.9 Å². The number of nitrogens with one attached hydrogen (secondary N) is 1. The van der Waals surface area contributed by atoms with Gasteiger partial charge in [-0.3, -0.25) is 9.69 Å². The van der Waals surface area contributed by atoms with Crippen molar-refractivity contribution in [2.24, 2.45) is 0 Å². The van der Waals surface area contributed by atoms with Crippen molar-refractivity contribution in [3.05, 3.63) is 102 Å². The molecule has 1 heterocycles. The fraction of sp³-hybridized carbons (Fsp3) is 0.207. The highest BCUT2D eigenvalue weighted by Crippen LogP contribution is 2.22. The number of halogens is 1. The van der Waals surface area contributed by atoms with E-state index in [4.69, 9.17) is 4.74 Å². The van der Waals surface area contributed by atoms with Crippen molar-refractivity contribution in [3.8, 4) is 5.75 Å². The van der Waals surface area contributed by atoms with Crippen molar-refractivity contribution in [1.82, 2.24) is 4.90 Å². The van der Waals surface area contributed by atoms with E-state index < -0.39 is 0 Å². The number of hydrogen-bond acceptors (Lipinski definition) is 4. The van der Waals surface area contributed by atoms with E-state index >= 15 is 0 Å². The van der Waals surface area contributed by atoms with Gasteiger partial charge in [0.25, 0.3) is 5.91 Å². The molecule has 178 valence electrons. The van der Waals surface area contributed by atoms with Crippen molar-refractivity contribution in [1.29, 1.82) is 0 Å². The minimum absolute atomic E-state index is 0.0515. The third-order valence-corrected chi connectivity index (χ3v) is 6.33. The average molecular weight is 470 g/mol. The minimum atomic E-state index is -0.201. The molecule has 1 aliphatic rings. The summed E-state index contributed by atoms with van der Waals surface area (Å²) in [4.78, 5) is 17.0. The van der Waals surface area contributed by atoms with E-state index in [-0.39, 0.29) is 18.3 Å². The van der Waals surface area contributed by atoms with Crippen LogP contribution in [-0.2, 0) is 11.3 Å². The number of piperazine rings is 1. The quantitative estimate of drug-likeness (QED) is 0.398. The van der Waals surface area contributed by atoms with Crippen LogP contribution in [0, 0.1) is 5.82 Å². The number of amides is 1. The molecule has 1 aliphatic heterocycles. The summed E-state index contributed by atoms with van der Waals surface area (Å²) in [5, 5.41) is 5.11. The molecule has 5 nitrogen and oxygen atoms in total. The van der Waals surface area contributed by atoms with Gasteiger partial charge in [-0.25, -0.2) is 4.39 Å². The van der Waals surface area contributed by atoms with Crippen LogP contribution in [0.25, 0.3) is 10.8 Å². The van der Waals surface area contributed by atoms with Crippen LogP contribution in [0.4, 0.5) is 15.8 Å². The second kappa shape index (κ2) is 10.6.